The molecule has 1 saturated heterocycles. The van der Waals surface area contributed by atoms with E-state index in [9.17, 15) is 0 Å². The monoisotopic (exact) mass is 327 g/mol. The Morgan fingerprint density at radius 1 is 1.00 bits per heavy atom. The third-order valence-electron chi connectivity index (χ3n) is 4.24. The highest BCUT2D eigenvalue weighted by molar-refractivity contribution is 6.30. The topological polar surface area (TPSA) is 32.5 Å². The van der Waals surface area contributed by atoms with Crippen molar-refractivity contribution in [3.05, 3.63) is 59.4 Å². The molecule has 0 N–H and O–H groups in total. The molecule has 5 heteroatoms. The second-order valence-corrected chi connectivity index (χ2v) is 6.25. The van der Waals surface area contributed by atoms with Gasteiger partial charge in [0.2, 0.25) is 5.89 Å². The van der Waals surface area contributed by atoms with Crippen LogP contribution >= 0.6 is 11.6 Å². The van der Waals surface area contributed by atoms with Crippen molar-refractivity contribution < 1.29 is 4.42 Å². The van der Waals surface area contributed by atoms with Gasteiger partial charge in [-0.15, -0.1) is 0 Å². The molecule has 23 heavy (non-hydrogen) atoms. The zero-order valence-corrected chi connectivity index (χ0v) is 13.5. The van der Waals surface area contributed by atoms with Gasteiger partial charge in [-0.05, 0) is 30.3 Å². The van der Waals surface area contributed by atoms with Crippen molar-refractivity contribution in [2.45, 2.75) is 6.54 Å². The van der Waals surface area contributed by atoms with Gasteiger partial charge in [0, 0.05) is 36.9 Å². The highest BCUT2D eigenvalue weighted by Gasteiger charge is 2.19. The highest BCUT2D eigenvalue weighted by Crippen LogP contribution is 2.22. The van der Waals surface area contributed by atoms with Gasteiger partial charge in [-0.3, -0.25) is 4.90 Å². The van der Waals surface area contributed by atoms with Crippen LogP contribution in [0.4, 0.5) is 5.69 Å². The van der Waals surface area contributed by atoms with Crippen molar-refractivity contribution in [1.82, 2.24) is 9.88 Å². The van der Waals surface area contributed by atoms with Gasteiger partial charge in [0.25, 0.3) is 0 Å². The van der Waals surface area contributed by atoms with E-state index in [1.54, 1.807) is 0 Å². The third-order valence-corrected chi connectivity index (χ3v) is 4.48. The smallest absolute Gasteiger partial charge is 0.209 e. The zero-order chi connectivity index (χ0) is 15.6. The SMILES string of the molecule is Clc1cccc(N2CCN(Cc3nc4ccccc4o3)CC2)c1. The van der Waals surface area contributed by atoms with Gasteiger partial charge in [0.05, 0.1) is 6.54 Å². The molecular formula is C18H18ClN3O. The minimum atomic E-state index is 0.762. The first-order chi connectivity index (χ1) is 11.3. The molecule has 1 aromatic heterocycles. The summed E-state index contributed by atoms with van der Waals surface area (Å²) in [6.07, 6.45) is 0. The summed E-state index contributed by atoms with van der Waals surface area (Å²) >= 11 is 6.08. The van der Waals surface area contributed by atoms with Gasteiger partial charge in [-0.1, -0.05) is 29.8 Å². The molecule has 0 radical (unpaired) electrons. The summed E-state index contributed by atoms with van der Waals surface area (Å²) in [6.45, 7) is 4.72. The molecule has 1 aliphatic heterocycles. The van der Waals surface area contributed by atoms with Gasteiger partial charge < -0.3 is 9.32 Å². The average molecular weight is 328 g/mol. The molecule has 1 fully saturated rings. The molecule has 0 saturated carbocycles. The Hall–Kier alpha value is -2.04. The van der Waals surface area contributed by atoms with Crippen LogP contribution in [0.25, 0.3) is 11.1 Å². The van der Waals surface area contributed by atoms with Crippen LogP contribution in [0.15, 0.2) is 52.9 Å². The van der Waals surface area contributed by atoms with E-state index in [4.69, 9.17) is 16.0 Å². The first kappa shape index (κ1) is 14.5. The molecule has 0 bridgehead atoms. The van der Waals surface area contributed by atoms with Crippen LogP contribution in [0.2, 0.25) is 5.02 Å². The summed E-state index contributed by atoms with van der Waals surface area (Å²) < 4.78 is 5.81. The van der Waals surface area contributed by atoms with Crippen molar-refractivity contribution in [1.29, 1.82) is 0 Å². The van der Waals surface area contributed by atoms with Crippen LogP contribution in [0.3, 0.4) is 0 Å². The fraction of sp³-hybridized carbons (Fsp3) is 0.278. The van der Waals surface area contributed by atoms with Crippen molar-refractivity contribution in [2.24, 2.45) is 0 Å². The fourth-order valence-corrected chi connectivity index (χ4v) is 3.20. The Morgan fingerprint density at radius 2 is 1.83 bits per heavy atom. The second kappa shape index (κ2) is 6.22. The van der Waals surface area contributed by atoms with E-state index in [-0.39, 0.29) is 0 Å². The van der Waals surface area contributed by atoms with Crippen LogP contribution in [0.5, 0.6) is 0 Å². The molecule has 2 heterocycles. The molecular weight excluding hydrogens is 310 g/mol. The van der Waals surface area contributed by atoms with Crippen molar-refractivity contribution in [3.63, 3.8) is 0 Å². The Bertz CT molecular complexity index is 776. The maximum atomic E-state index is 6.08. The number of piperazine rings is 1. The number of aromatic nitrogens is 1. The lowest BCUT2D eigenvalue weighted by molar-refractivity contribution is 0.228. The molecule has 0 aliphatic carbocycles. The lowest BCUT2D eigenvalue weighted by Crippen LogP contribution is -2.46. The number of hydrogen-bond acceptors (Lipinski definition) is 4. The summed E-state index contributed by atoms with van der Waals surface area (Å²) in [6, 6.07) is 16.0. The van der Waals surface area contributed by atoms with E-state index < -0.39 is 0 Å². The lowest BCUT2D eigenvalue weighted by atomic mass is 10.2. The first-order valence-electron chi connectivity index (χ1n) is 7.85. The van der Waals surface area contributed by atoms with Gasteiger partial charge in [0.1, 0.15) is 5.52 Å². The minimum Gasteiger partial charge on any atom is -0.439 e. The highest BCUT2D eigenvalue weighted by atomic mass is 35.5. The average Bonchev–Trinajstić information content (AvgIpc) is 2.98. The number of hydrogen-bond donors (Lipinski definition) is 0. The molecule has 118 valence electrons. The number of oxazole rings is 1. The number of para-hydroxylation sites is 2. The lowest BCUT2D eigenvalue weighted by Gasteiger charge is -2.35. The summed E-state index contributed by atoms with van der Waals surface area (Å²) in [5.74, 6) is 0.794. The van der Waals surface area contributed by atoms with Gasteiger partial charge in [-0.25, -0.2) is 4.98 Å². The van der Waals surface area contributed by atoms with Crippen molar-refractivity contribution >= 4 is 28.4 Å². The predicted molar refractivity (Wildman–Crippen MR) is 93.0 cm³/mol. The Labute approximate surface area is 140 Å². The van der Waals surface area contributed by atoms with Crippen molar-refractivity contribution in [2.75, 3.05) is 31.1 Å². The van der Waals surface area contributed by atoms with E-state index in [2.05, 4.69) is 20.9 Å². The predicted octanol–water partition coefficient (Wildman–Crippen LogP) is 3.80. The molecule has 4 nitrogen and oxygen atoms in total. The minimum absolute atomic E-state index is 0.762. The Balaban J connectivity index is 1.39. The van der Waals surface area contributed by atoms with Crippen LogP contribution in [-0.4, -0.2) is 36.1 Å². The quantitative estimate of drug-likeness (QED) is 0.732. The van der Waals surface area contributed by atoms with Gasteiger partial charge in [0.15, 0.2) is 5.58 Å². The molecule has 4 rings (SSSR count). The maximum Gasteiger partial charge on any atom is 0.209 e. The van der Waals surface area contributed by atoms with E-state index in [1.165, 1.54) is 5.69 Å². The van der Waals surface area contributed by atoms with E-state index >= 15 is 0 Å². The molecule has 0 amide bonds. The Morgan fingerprint density at radius 3 is 2.61 bits per heavy atom. The van der Waals surface area contributed by atoms with Crippen LogP contribution in [0, 0.1) is 0 Å². The number of anilines is 1. The van der Waals surface area contributed by atoms with E-state index in [1.807, 2.05) is 42.5 Å². The number of fused-ring (bicyclic) bond motifs is 1. The Kier molecular flexibility index (Phi) is 3.93. The largest absolute Gasteiger partial charge is 0.439 e. The summed E-state index contributed by atoms with van der Waals surface area (Å²) in [5.41, 5.74) is 2.99. The standard InChI is InChI=1S/C18H18ClN3O/c19-14-4-3-5-15(12-14)22-10-8-21(9-11-22)13-18-20-16-6-1-2-7-17(16)23-18/h1-7,12H,8-11,13H2. The molecule has 1 aliphatic rings. The van der Waals surface area contributed by atoms with Crippen molar-refractivity contribution in [3.8, 4) is 0 Å². The van der Waals surface area contributed by atoms with Gasteiger partial charge >= 0.3 is 0 Å². The fourth-order valence-electron chi connectivity index (χ4n) is 3.02. The third kappa shape index (κ3) is 3.19. The van der Waals surface area contributed by atoms with E-state index in [0.717, 1.165) is 54.7 Å². The molecule has 0 atom stereocenters. The summed E-state index contributed by atoms with van der Waals surface area (Å²) in [7, 11) is 0. The molecule has 0 unspecified atom stereocenters. The number of nitrogens with zero attached hydrogens (tertiary/aromatic N) is 3. The van der Waals surface area contributed by atoms with Crippen LogP contribution in [-0.2, 0) is 6.54 Å². The number of halogens is 1. The number of benzene rings is 2. The number of rotatable bonds is 3. The normalized spacial score (nSPS) is 16.1. The summed E-state index contributed by atoms with van der Waals surface area (Å²) in [5, 5.41) is 0.788. The molecule has 3 aromatic rings. The zero-order valence-electron chi connectivity index (χ0n) is 12.8. The van der Waals surface area contributed by atoms with E-state index in [0.29, 0.717) is 0 Å². The van der Waals surface area contributed by atoms with Crippen LogP contribution < -0.4 is 4.90 Å². The molecule has 0 spiro atoms. The maximum absolute atomic E-state index is 6.08. The first-order valence-corrected chi connectivity index (χ1v) is 8.23. The van der Waals surface area contributed by atoms with Crippen LogP contribution in [0.1, 0.15) is 5.89 Å². The summed E-state index contributed by atoms with van der Waals surface area (Å²) in [4.78, 5) is 9.31. The molecule has 2 aromatic carbocycles. The second-order valence-electron chi connectivity index (χ2n) is 5.82. The van der Waals surface area contributed by atoms with Gasteiger partial charge in [-0.2, -0.15) is 0 Å².